The number of nitrogens with zero attached hydrogens (tertiary/aromatic N) is 2. The van der Waals surface area contributed by atoms with Gasteiger partial charge in [0.15, 0.2) is 0 Å². The number of nitrogens with one attached hydrogen (secondary N) is 1. The van der Waals surface area contributed by atoms with Gasteiger partial charge in [0.25, 0.3) is 14.4 Å². The van der Waals surface area contributed by atoms with E-state index in [0.717, 1.165) is 28.9 Å². The van der Waals surface area contributed by atoms with Gasteiger partial charge in [0.05, 0.1) is 5.69 Å². The highest BCUT2D eigenvalue weighted by molar-refractivity contribution is 7.94. The van der Waals surface area contributed by atoms with Crippen LogP contribution in [-0.2, 0) is 16.4 Å². The first-order valence-electron chi connectivity index (χ1n) is 5.64. The van der Waals surface area contributed by atoms with Gasteiger partial charge in [0.2, 0.25) is 5.13 Å². The summed E-state index contributed by atoms with van der Waals surface area (Å²) in [5.41, 5.74) is 7.80. The average Bonchev–Trinajstić information content (AvgIpc) is 2.79. The Bertz CT molecular complexity index is 694. The highest BCUT2D eigenvalue weighted by atomic mass is 32.2. The van der Waals surface area contributed by atoms with Gasteiger partial charge in [-0.3, -0.25) is 4.72 Å². The van der Waals surface area contributed by atoms with Crippen LogP contribution in [0, 0.1) is 6.92 Å². The molecule has 1 aromatic carbocycles. The Hall–Kier alpha value is -1.67. The SMILES string of the molecule is CCc1cccc(C)c1NS(=O)(=O)c1nnc(N)s1. The number of benzene rings is 1. The molecule has 0 aliphatic rings. The second-order valence-electron chi connectivity index (χ2n) is 3.97. The Morgan fingerprint density at radius 1 is 1.37 bits per heavy atom. The van der Waals surface area contributed by atoms with Crippen molar-refractivity contribution in [3.8, 4) is 0 Å². The lowest BCUT2D eigenvalue weighted by molar-refractivity contribution is 0.599. The van der Waals surface area contributed by atoms with E-state index in [-0.39, 0.29) is 9.47 Å². The third-order valence-electron chi connectivity index (χ3n) is 2.63. The van der Waals surface area contributed by atoms with Crippen LogP contribution in [0.25, 0.3) is 0 Å². The Morgan fingerprint density at radius 3 is 2.68 bits per heavy atom. The molecule has 1 heterocycles. The van der Waals surface area contributed by atoms with Gasteiger partial charge in [-0.1, -0.05) is 36.5 Å². The van der Waals surface area contributed by atoms with Crippen molar-refractivity contribution in [3.05, 3.63) is 29.3 Å². The van der Waals surface area contributed by atoms with Gasteiger partial charge >= 0.3 is 0 Å². The highest BCUT2D eigenvalue weighted by Gasteiger charge is 2.21. The normalized spacial score (nSPS) is 11.5. The quantitative estimate of drug-likeness (QED) is 0.896. The maximum Gasteiger partial charge on any atom is 0.291 e. The van der Waals surface area contributed by atoms with Crippen molar-refractivity contribution >= 4 is 32.2 Å². The van der Waals surface area contributed by atoms with Crippen molar-refractivity contribution in [3.63, 3.8) is 0 Å². The molecule has 0 radical (unpaired) electrons. The maximum absolute atomic E-state index is 12.2. The third-order valence-corrected chi connectivity index (χ3v) is 5.10. The van der Waals surface area contributed by atoms with E-state index in [1.165, 1.54) is 0 Å². The number of nitrogens with two attached hydrogens (primary N) is 1. The van der Waals surface area contributed by atoms with Gasteiger partial charge in [-0.25, -0.2) is 0 Å². The van der Waals surface area contributed by atoms with E-state index in [9.17, 15) is 8.42 Å². The molecule has 8 heteroatoms. The standard InChI is InChI=1S/C11H14N4O2S2/c1-3-8-6-4-5-7(2)9(8)15-19(16,17)11-14-13-10(12)18-11/h4-6,15H,3H2,1-2H3,(H2,12,13). The average molecular weight is 298 g/mol. The first kappa shape index (κ1) is 13.8. The van der Waals surface area contributed by atoms with Crippen molar-refractivity contribution < 1.29 is 8.42 Å². The summed E-state index contributed by atoms with van der Waals surface area (Å²) >= 11 is 0.838. The fourth-order valence-electron chi connectivity index (χ4n) is 1.68. The summed E-state index contributed by atoms with van der Waals surface area (Å²) in [5, 5.41) is 7.20. The molecular weight excluding hydrogens is 284 g/mol. The number of hydrogen-bond acceptors (Lipinski definition) is 6. The summed E-state index contributed by atoms with van der Waals surface area (Å²) in [5.74, 6) is 0. The lowest BCUT2D eigenvalue weighted by Crippen LogP contribution is -2.15. The Kier molecular flexibility index (Phi) is 3.72. The molecule has 0 unspecified atom stereocenters. The van der Waals surface area contributed by atoms with E-state index in [0.29, 0.717) is 5.69 Å². The van der Waals surface area contributed by atoms with E-state index in [4.69, 9.17) is 5.73 Å². The number of para-hydroxylation sites is 1. The molecule has 6 nitrogen and oxygen atoms in total. The van der Waals surface area contributed by atoms with Crippen LogP contribution in [-0.4, -0.2) is 18.6 Å². The first-order chi connectivity index (χ1) is 8.94. The van der Waals surface area contributed by atoms with E-state index < -0.39 is 10.0 Å². The zero-order chi connectivity index (χ0) is 14.0. The Balaban J connectivity index is 2.41. The van der Waals surface area contributed by atoms with Crippen molar-refractivity contribution in [1.82, 2.24) is 10.2 Å². The molecule has 1 aromatic heterocycles. The maximum atomic E-state index is 12.2. The van der Waals surface area contributed by atoms with Crippen LogP contribution in [0.15, 0.2) is 22.5 Å². The number of aromatic nitrogens is 2. The minimum atomic E-state index is -3.73. The zero-order valence-electron chi connectivity index (χ0n) is 10.5. The van der Waals surface area contributed by atoms with Crippen LogP contribution in [0.5, 0.6) is 0 Å². The zero-order valence-corrected chi connectivity index (χ0v) is 12.2. The fraction of sp³-hybridized carbons (Fsp3) is 0.273. The molecule has 0 saturated heterocycles. The molecule has 0 saturated carbocycles. The van der Waals surface area contributed by atoms with Gasteiger partial charge in [-0.15, -0.1) is 10.2 Å². The Labute approximate surface area is 115 Å². The molecule has 2 aromatic rings. The summed E-state index contributed by atoms with van der Waals surface area (Å²) in [4.78, 5) is 0. The van der Waals surface area contributed by atoms with E-state index >= 15 is 0 Å². The second kappa shape index (κ2) is 5.14. The summed E-state index contributed by atoms with van der Waals surface area (Å²) in [6, 6.07) is 5.64. The lowest BCUT2D eigenvalue weighted by atomic mass is 10.1. The number of sulfonamides is 1. The molecule has 2 rings (SSSR count). The third kappa shape index (κ3) is 2.85. The van der Waals surface area contributed by atoms with E-state index in [2.05, 4.69) is 14.9 Å². The molecule has 0 aliphatic carbocycles. The molecule has 0 spiro atoms. The molecule has 102 valence electrons. The highest BCUT2D eigenvalue weighted by Crippen LogP contribution is 2.26. The molecule has 0 aliphatic heterocycles. The molecule has 0 bridgehead atoms. The molecule has 0 fully saturated rings. The van der Waals surface area contributed by atoms with E-state index in [1.807, 2.05) is 32.0 Å². The largest absolute Gasteiger partial charge is 0.374 e. The monoisotopic (exact) mass is 298 g/mol. The summed E-state index contributed by atoms with van der Waals surface area (Å²) in [6.45, 7) is 3.82. The molecule has 0 amide bonds. The van der Waals surface area contributed by atoms with Crippen LogP contribution in [0.2, 0.25) is 0 Å². The van der Waals surface area contributed by atoms with Gasteiger partial charge < -0.3 is 5.73 Å². The summed E-state index contributed by atoms with van der Waals surface area (Å²) in [7, 11) is -3.73. The van der Waals surface area contributed by atoms with E-state index in [1.54, 1.807) is 0 Å². The van der Waals surface area contributed by atoms with Crippen LogP contribution in [0.1, 0.15) is 18.1 Å². The van der Waals surface area contributed by atoms with Crippen molar-refractivity contribution in [2.45, 2.75) is 24.6 Å². The number of hydrogen-bond donors (Lipinski definition) is 2. The van der Waals surface area contributed by atoms with Gasteiger partial charge in [-0.2, -0.15) is 8.42 Å². The number of aryl methyl sites for hydroxylation is 2. The first-order valence-corrected chi connectivity index (χ1v) is 7.94. The van der Waals surface area contributed by atoms with Crippen LogP contribution < -0.4 is 10.5 Å². The predicted molar refractivity (Wildman–Crippen MR) is 75.7 cm³/mol. The van der Waals surface area contributed by atoms with Crippen LogP contribution in [0.3, 0.4) is 0 Å². The molecule has 3 N–H and O–H groups in total. The fourth-order valence-corrected chi connectivity index (χ4v) is 3.63. The van der Waals surface area contributed by atoms with Gasteiger partial charge in [0, 0.05) is 0 Å². The van der Waals surface area contributed by atoms with Crippen molar-refractivity contribution in [2.24, 2.45) is 0 Å². The molecule has 19 heavy (non-hydrogen) atoms. The topological polar surface area (TPSA) is 98.0 Å². The number of anilines is 2. The number of nitrogen functional groups attached to an aromatic ring is 1. The molecular formula is C11H14N4O2S2. The number of rotatable bonds is 4. The minimum Gasteiger partial charge on any atom is -0.374 e. The lowest BCUT2D eigenvalue weighted by Gasteiger charge is -2.12. The van der Waals surface area contributed by atoms with Crippen molar-refractivity contribution in [2.75, 3.05) is 10.5 Å². The van der Waals surface area contributed by atoms with Crippen LogP contribution in [0.4, 0.5) is 10.8 Å². The Morgan fingerprint density at radius 2 is 2.11 bits per heavy atom. The second-order valence-corrected chi connectivity index (χ2v) is 6.84. The van der Waals surface area contributed by atoms with Crippen molar-refractivity contribution in [1.29, 1.82) is 0 Å². The summed E-state index contributed by atoms with van der Waals surface area (Å²) < 4.78 is 26.8. The van der Waals surface area contributed by atoms with Crippen LogP contribution >= 0.6 is 11.3 Å². The molecule has 0 atom stereocenters. The smallest absolute Gasteiger partial charge is 0.291 e. The minimum absolute atomic E-state index is 0.126. The predicted octanol–water partition coefficient (Wildman–Crippen LogP) is 1.79. The van der Waals surface area contributed by atoms with Gasteiger partial charge in [0.1, 0.15) is 0 Å². The van der Waals surface area contributed by atoms with Gasteiger partial charge in [-0.05, 0) is 24.5 Å². The summed E-state index contributed by atoms with van der Waals surface area (Å²) in [6.07, 6.45) is 0.734.